The third-order valence-electron chi connectivity index (χ3n) is 3.67. The lowest BCUT2D eigenvalue weighted by atomic mass is 9.90. The maximum atomic E-state index is 11.5. The molecule has 1 aliphatic rings. The van der Waals surface area contributed by atoms with Gasteiger partial charge in [0.1, 0.15) is 0 Å². The Labute approximate surface area is 111 Å². The Kier molecular flexibility index (Phi) is 6.55. The number of likely N-dealkylation sites (tertiary alicyclic amines) is 1. The molecule has 1 saturated heterocycles. The highest BCUT2D eigenvalue weighted by molar-refractivity contribution is 7.89. The van der Waals surface area contributed by atoms with Crippen molar-refractivity contribution in [3.63, 3.8) is 0 Å². The molecule has 108 valence electrons. The minimum absolute atomic E-state index is 0.164. The Balaban J connectivity index is 2.23. The number of nitrogens with one attached hydrogen (secondary N) is 2. The van der Waals surface area contributed by atoms with E-state index in [1.807, 2.05) is 0 Å². The third-order valence-corrected chi connectivity index (χ3v) is 5.14. The van der Waals surface area contributed by atoms with Crippen LogP contribution in [0.4, 0.5) is 0 Å². The molecule has 5 nitrogen and oxygen atoms in total. The zero-order valence-corrected chi connectivity index (χ0v) is 12.6. The van der Waals surface area contributed by atoms with Crippen molar-refractivity contribution in [2.24, 2.45) is 5.92 Å². The fraction of sp³-hybridized carbons (Fsp3) is 1.00. The summed E-state index contributed by atoms with van der Waals surface area (Å²) in [7, 11) is -0.937. The molecule has 1 rings (SSSR count). The van der Waals surface area contributed by atoms with Crippen LogP contribution in [-0.2, 0) is 10.0 Å². The first-order chi connectivity index (χ1) is 8.44. The number of hydrogen-bond donors (Lipinski definition) is 2. The maximum absolute atomic E-state index is 11.5. The quantitative estimate of drug-likeness (QED) is 0.700. The maximum Gasteiger partial charge on any atom is 0.212 e. The molecule has 0 aliphatic carbocycles. The van der Waals surface area contributed by atoms with E-state index >= 15 is 0 Å². The molecule has 1 heterocycles. The number of piperidine rings is 1. The Morgan fingerprint density at radius 2 is 1.94 bits per heavy atom. The average molecular weight is 277 g/mol. The van der Waals surface area contributed by atoms with Gasteiger partial charge in [0.25, 0.3) is 0 Å². The molecule has 1 atom stereocenters. The molecule has 0 aromatic carbocycles. The highest BCUT2D eigenvalue weighted by atomic mass is 32.2. The second-order valence-electron chi connectivity index (χ2n) is 5.20. The largest absolute Gasteiger partial charge is 0.313 e. The van der Waals surface area contributed by atoms with E-state index in [-0.39, 0.29) is 5.75 Å². The van der Waals surface area contributed by atoms with Crippen LogP contribution in [0.1, 0.15) is 26.7 Å². The van der Waals surface area contributed by atoms with Crippen LogP contribution < -0.4 is 10.0 Å². The van der Waals surface area contributed by atoms with E-state index in [9.17, 15) is 8.42 Å². The molecule has 0 spiro atoms. The molecule has 0 aromatic heterocycles. The van der Waals surface area contributed by atoms with E-state index < -0.39 is 10.0 Å². The first-order valence-electron chi connectivity index (χ1n) is 6.84. The van der Waals surface area contributed by atoms with Crippen LogP contribution in [0, 0.1) is 5.92 Å². The summed E-state index contributed by atoms with van der Waals surface area (Å²) in [6, 6.07) is 0.399. The zero-order valence-electron chi connectivity index (χ0n) is 11.8. The predicted molar refractivity (Wildman–Crippen MR) is 75.1 cm³/mol. The molecule has 6 heteroatoms. The first-order valence-corrected chi connectivity index (χ1v) is 8.49. The van der Waals surface area contributed by atoms with Gasteiger partial charge >= 0.3 is 0 Å². The molecule has 1 unspecified atom stereocenters. The Hall–Kier alpha value is -0.170. The summed E-state index contributed by atoms with van der Waals surface area (Å²) in [5.74, 6) is 0.834. The van der Waals surface area contributed by atoms with Crippen molar-refractivity contribution in [3.05, 3.63) is 0 Å². The van der Waals surface area contributed by atoms with Gasteiger partial charge in [0, 0.05) is 19.1 Å². The van der Waals surface area contributed by atoms with Crippen molar-refractivity contribution < 1.29 is 8.42 Å². The second kappa shape index (κ2) is 7.43. The van der Waals surface area contributed by atoms with Crippen LogP contribution in [-0.4, -0.2) is 58.3 Å². The average Bonchev–Trinajstić information content (AvgIpc) is 2.29. The van der Waals surface area contributed by atoms with Crippen LogP contribution in [0.2, 0.25) is 0 Å². The molecule has 0 radical (unpaired) electrons. The van der Waals surface area contributed by atoms with Crippen molar-refractivity contribution in [2.75, 3.05) is 39.0 Å². The van der Waals surface area contributed by atoms with Gasteiger partial charge in [0.15, 0.2) is 0 Å². The van der Waals surface area contributed by atoms with E-state index in [1.165, 1.54) is 12.8 Å². The van der Waals surface area contributed by atoms with Crippen LogP contribution in [0.5, 0.6) is 0 Å². The second-order valence-corrected chi connectivity index (χ2v) is 7.13. The third kappa shape index (κ3) is 5.65. The summed E-state index contributed by atoms with van der Waals surface area (Å²) < 4.78 is 25.5. The summed E-state index contributed by atoms with van der Waals surface area (Å²) in [5.41, 5.74) is 0. The smallest absolute Gasteiger partial charge is 0.212 e. The normalized spacial score (nSPS) is 21.1. The van der Waals surface area contributed by atoms with Crippen LogP contribution in [0.25, 0.3) is 0 Å². The van der Waals surface area contributed by atoms with Crippen LogP contribution in [0.15, 0.2) is 0 Å². The van der Waals surface area contributed by atoms with Gasteiger partial charge in [-0.15, -0.1) is 0 Å². The molecule has 2 N–H and O–H groups in total. The van der Waals surface area contributed by atoms with Crippen LogP contribution >= 0.6 is 0 Å². The van der Waals surface area contributed by atoms with Crippen molar-refractivity contribution in [1.82, 2.24) is 14.9 Å². The molecule has 18 heavy (non-hydrogen) atoms. The summed E-state index contributed by atoms with van der Waals surface area (Å²) in [4.78, 5) is 2.35. The van der Waals surface area contributed by atoms with Gasteiger partial charge in [-0.2, -0.15) is 0 Å². The molecule has 1 fully saturated rings. The molecule has 0 bridgehead atoms. The molecular formula is C12H27N3O2S. The lowest BCUT2D eigenvalue weighted by Gasteiger charge is -2.33. The SMILES string of the molecule is CCNS(=O)(=O)CCNC(C)C1CCN(C)CC1. The van der Waals surface area contributed by atoms with Gasteiger partial charge in [-0.3, -0.25) is 0 Å². The zero-order chi connectivity index (χ0) is 13.6. The first kappa shape index (κ1) is 15.9. The van der Waals surface area contributed by atoms with Gasteiger partial charge in [0.2, 0.25) is 10.0 Å². The number of hydrogen-bond acceptors (Lipinski definition) is 4. The van der Waals surface area contributed by atoms with Crippen molar-refractivity contribution >= 4 is 10.0 Å². The molecule has 0 aromatic rings. The fourth-order valence-electron chi connectivity index (χ4n) is 2.41. The van der Waals surface area contributed by atoms with E-state index in [0.717, 1.165) is 13.1 Å². The minimum atomic E-state index is -3.09. The Bertz CT molecular complexity index is 324. The topological polar surface area (TPSA) is 61.4 Å². The minimum Gasteiger partial charge on any atom is -0.313 e. The van der Waals surface area contributed by atoms with Crippen molar-refractivity contribution in [2.45, 2.75) is 32.7 Å². The van der Waals surface area contributed by atoms with E-state index in [0.29, 0.717) is 25.0 Å². The molecule has 0 saturated carbocycles. The molecule has 0 amide bonds. The lowest BCUT2D eigenvalue weighted by Crippen LogP contribution is -2.42. The van der Waals surface area contributed by atoms with Crippen molar-refractivity contribution in [1.29, 1.82) is 0 Å². The van der Waals surface area contributed by atoms with Gasteiger partial charge < -0.3 is 10.2 Å². The number of nitrogens with zero attached hydrogens (tertiary/aromatic N) is 1. The van der Waals surface area contributed by atoms with Crippen molar-refractivity contribution in [3.8, 4) is 0 Å². The van der Waals surface area contributed by atoms with E-state index in [2.05, 4.69) is 28.9 Å². The highest BCUT2D eigenvalue weighted by Gasteiger charge is 2.22. The van der Waals surface area contributed by atoms with Crippen LogP contribution in [0.3, 0.4) is 0 Å². The standard InChI is InChI=1S/C12H27N3O2S/c1-4-14-18(16,17)10-7-13-11(2)12-5-8-15(3)9-6-12/h11-14H,4-10H2,1-3H3. The van der Waals surface area contributed by atoms with Gasteiger partial charge in [0.05, 0.1) is 5.75 Å². The summed E-state index contributed by atoms with van der Waals surface area (Å²) in [6.45, 7) is 7.25. The summed E-state index contributed by atoms with van der Waals surface area (Å²) in [5, 5.41) is 3.34. The van der Waals surface area contributed by atoms with E-state index in [4.69, 9.17) is 0 Å². The Morgan fingerprint density at radius 1 is 1.33 bits per heavy atom. The van der Waals surface area contributed by atoms with E-state index in [1.54, 1.807) is 6.92 Å². The monoisotopic (exact) mass is 277 g/mol. The predicted octanol–water partition coefficient (Wildman–Crippen LogP) is 0.246. The Morgan fingerprint density at radius 3 is 2.50 bits per heavy atom. The highest BCUT2D eigenvalue weighted by Crippen LogP contribution is 2.19. The lowest BCUT2D eigenvalue weighted by molar-refractivity contribution is 0.191. The molecule has 1 aliphatic heterocycles. The fourth-order valence-corrected chi connectivity index (χ4v) is 3.38. The summed E-state index contributed by atoms with van der Waals surface area (Å²) >= 11 is 0. The summed E-state index contributed by atoms with van der Waals surface area (Å²) in [6.07, 6.45) is 2.40. The number of rotatable bonds is 7. The van der Waals surface area contributed by atoms with Gasteiger partial charge in [-0.25, -0.2) is 13.1 Å². The number of sulfonamides is 1. The van der Waals surface area contributed by atoms with Gasteiger partial charge in [-0.1, -0.05) is 6.92 Å². The molecular weight excluding hydrogens is 250 g/mol. The van der Waals surface area contributed by atoms with Gasteiger partial charge in [-0.05, 0) is 45.8 Å².